The Kier molecular flexibility index (Phi) is 7.77. The number of aromatic nitrogens is 3. The van der Waals surface area contributed by atoms with Crippen molar-refractivity contribution in [3.05, 3.63) is 116 Å². The first-order valence-electron chi connectivity index (χ1n) is 12.7. The van der Waals surface area contributed by atoms with Gasteiger partial charge in [-0.05, 0) is 46.1 Å². The summed E-state index contributed by atoms with van der Waals surface area (Å²) in [6.07, 6.45) is 2.34. The molecule has 0 saturated carbocycles. The van der Waals surface area contributed by atoms with Gasteiger partial charge in [-0.25, -0.2) is 4.98 Å². The Hall–Kier alpha value is -3.93. The maximum atomic E-state index is 13.0. The maximum Gasteiger partial charge on any atom is 0.293 e. The number of benzene rings is 2. The molecule has 37 heavy (non-hydrogen) atoms. The lowest BCUT2D eigenvalue weighted by atomic mass is 9.86. The van der Waals surface area contributed by atoms with E-state index in [-0.39, 0.29) is 41.4 Å². The van der Waals surface area contributed by atoms with Crippen molar-refractivity contribution in [2.75, 3.05) is 0 Å². The van der Waals surface area contributed by atoms with Crippen molar-refractivity contribution < 1.29 is 4.74 Å². The van der Waals surface area contributed by atoms with Crippen LogP contribution < -0.4 is 15.9 Å². The summed E-state index contributed by atoms with van der Waals surface area (Å²) in [7, 11) is 0. The van der Waals surface area contributed by atoms with E-state index in [0.29, 0.717) is 17.9 Å². The molecule has 192 valence electrons. The van der Waals surface area contributed by atoms with Gasteiger partial charge in [0, 0.05) is 12.3 Å². The third-order valence-electron chi connectivity index (χ3n) is 6.22. The largest absolute Gasteiger partial charge is 0.482 e. The first kappa shape index (κ1) is 26.1. The molecule has 0 fully saturated rings. The third-order valence-corrected chi connectivity index (χ3v) is 6.22. The van der Waals surface area contributed by atoms with E-state index in [4.69, 9.17) is 9.72 Å². The highest BCUT2D eigenvalue weighted by molar-refractivity contribution is 5.63. The number of rotatable bonds is 8. The SMILES string of the molecule is CC(C)Cc1nc(Cn2ccc(-c3ccc(C(C)(C)C)cc3)cc2=O)[nH]c(=O)c1OCc1ccccc1. The normalized spacial score (nSPS) is 11.6. The molecule has 2 aromatic carbocycles. The first-order valence-corrected chi connectivity index (χ1v) is 12.7. The summed E-state index contributed by atoms with van der Waals surface area (Å²) >= 11 is 0. The predicted octanol–water partition coefficient (Wildman–Crippen LogP) is 5.72. The fraction of sp³-hybridized carbons (Fsp3) is 0.323. The summed E-state index contributed by atoms with van der Waals surface area (Å²) in [5.74, 6) is 0.952. The number of nitrogens with zero attached hydrogens (tertiary/aromatic N) is 2. The second-order valence-corrected chi connectivity index (χ2v) is 10.9. The quantitative estimate of drug-likeness (QED) is 0.338. The van der Waals surface area contributed by atoms with Gasteiger partial charge < -0.3 is 14.3 Å². The van der Waals surface area contributed by atoms with E-state index in [1.807, 2.05) is 48.5 Å². The molecule has 0 atom stereocenters. The molecule has 0 aliphatic rings. The van der Waals surface area contributed by atoms with Crippen molar-refractivity contribution in [2.24, 2.45) is 5.92 Å². The van der Waals surface area contributed by atoms with Gasteiger partial charge in [-0.15, -0.1) is 0 Å². The lowest BCUT2D eigenvalue weighted by molar-refractivity contribution is 0.294. The van der Waals surface area contributed by atoms with Gasteiger partial charge in [-0.3, -0.25) is 9.59 Å². The second kappa shape index (κ2) is 11.0. The molecule has 0 unspecified atom stereocenters. The molecule has 2 aromatic heterocycles. The van der Waals surface area contributed by atoms with E-state index >= 15 is 0 Å². The van der Waals surface area contributed by atoms with Crippen molar-refractivity contribution in [3.8, 4) is 16.9 Å². The van der Waals surface area contributed by atoms with E-state index in [1.165, 1.54) is 5.56 Å². The van der Waals surface area contributed by atoms with Crippen LogP contribution in [0.1, 0.15) is 57.3 Å². The number of aromatic amines is 1. The van der Waals surface area contributed by atoms with Gasteiger partial charge >= 0.3 is 0 Å². The van der Waals surface area contributed by atoms with Crippen LogP contribution >= 0.6 is 0 Å². The van der Waals surface area contributed by atoms with Crippen LogP contribution in [0.3, 0.4) is 0 Å². The molecule has 0 bridgehead atoms. The minimum absolute atomic E-state index is 0.0718. The molecule has 0 aliphatic heterocycles. The number of H-pyrrole nitrogens is 1. The van der Waals surface area contributed by atoms with Gasteiger partial charge in [0.25, 0.3) is 11.1 Å². The second-order valence-electron chi connectivity index (χ2n) is 10.9. The van der Waals surface area contributed by atoms with E-state index < -0.39 is 0 Å². The molecule has 6 heteroatoms. The van der Waals surface area contributed by atoms with Crippen molar-refractivity contribution in [1.29, 1.82) is 0 Å². The summed E-state index contributed by atoms with van der Waals surface area (Å²) in [4.78, 5) is 33.4. The Morgan fingerprint density at radius 2 is 1.65 bits per heavy atom. The Morgan fingerprint density at radius 3 is 2.27 bits per heavy atom. The fourth-order valence-corrected chi connectivity index (χ4v) is 4.18. The average Bonchev–Trinajstić information content (AvgIpc) is 2.84. The highest BCUT2D eigenvalue weighted by Crippen LogP contribution is 2.25. The number of hydrogen-bond acceptors (Lipinski definition) is 4. The molecule has 2 heterocycles. The van der Waals surface area contributed by atoms with Crippen LogP contribution in [0.25, 0.3) is 11.1 Å². The predicted molar refractivity (Wildman–Crippen MR) is 148 cm³/mol. The van der Waals surface area contributed by atoms with Crippen LogP contribution in [0.15, 0.2) is 82.5 Å². The molecular formula is C31H35N3O3. The molecule has 6 nitrogen and oxygen atoms in total. The zero-order valence-corrected chi connectivity index (χ0v) is 22.2. The van der Waals surface area contributed by atoms with Gasteiger partial charge in [0.15, 0.2) is 0 Å². The zero-order valence-electron chi connectivity index (χ0n) is 22.2. The minimum Gasteiger partial charge on any atom is -0.482 e. The monoisotopic (exact) mass is 497 g/mol. The molecule has 4 aromatic rings. The van der Waals surface area contributed by atoms with E-state index in [0.717, 1.165) is 16.7 Å². The van der Waals surface area contributed by atoms with Gasteiger partial charge in [-0.1, -0.05) is 89.2 Å². The molecular weight excluding hydrogens is 462 g/mol. The molecule has 4 rings (SSSR count). The Balaban J connectivity index is 1.57. The number of ether oxygens (including phenoxy) is 1. The van der Waals surface area contributed by atoms with Crippen molar-refractivity contribution in [2.45, 2.75) is 59.6 Å². The van der Waals surface area contributed by atoms with E-state index in [1.54, 1.807) is 16.8 Å². The van der Waals surface area contributed by atoms with Gasteiger partial charge in [-0.2, -0.15) is 0 Å². The standard InChI is InChI=1S/C31H35N3O3/c1-21(2)17-26-29(37-20-22-9-7-6-8-10-22)30(36)33-27(32-26)19-34-16-15-24(18-28(34)35)23-11-13-25(14-12-23)31(3,4)5/h6-16,18,21H,17,19-20H2,1-5H3,(H,32,33,36). The maximum absolute atomic E-state index is 13.0. The van der Waals surface area contributed by atoms with Crippen LogP contribution in [0.4, 0.5) is 0 Å². The summed E-state index contributed by atoms with van der Waals surface area (Å²) in [5.41, 5.74) is 4.25. The topological polar surface area (TPSA) is 77.0 Å². The molecule has 0 amide bonds. The van der Waals surface area contributed by atoms with E-state index in [9.17, 15) is 9.59 Å². The average molecular weight is 498 g/mol. The number of hydrogen-bond donors (Lipinski definition) is 1. The zero-order chi connectivity index (χ0) is 26.6. The third kappa shape index (κ3) is 6.64. The smallest absolute Gasteiger partial charge is 0.293 e. The van der Waals surface area contributed by atoms with Crippen molar-refractivity contribution in [3.63, 3.8) is 0 Å². The Labute approximate surface area is 218 Å². The highest BCUT2D eigenvalue weighted by atomic mass is 16.5. The molecule has 0 saturated heterocycles. The van der Waals surface area contributed by atoms with Crippen LogP contribution in [0, 0.1) is 5.92 Å². The van der Waals surface area contributed by atoms with Crippen LogP contribution in [-0.2, 0) is 25.0 Å². The first-order chi connectivity index (χ1) is 17.6. The number of pyridine rings is 1. The van der Waals surface area contributed by atoms with Crippen LogP contribution in [0.5, 0.6) is 5.75 Å². The summed E-state index contributed by atoms with van der Waals surface area (Å²) in [6.45, 7) is 11.1. The lowest BCUT2D eigenvalue weighted by Gasteiger charge is -2.19. The molecule has 0 spiro atoms. The van der Waals surface area contributed by atoms with Crippen molar-refractivity contribution in [1.82, 2.24) is 14.5 Å². The fourth-order valence-electron chi connectivity index (χ4n) is 4.18. The summed E-state index contributed by atoms with van der Waals surface area (Å²) in [5, 5.41) is 0. The summed E-state index contributed by atoms with van der Waals surface area (Å²) in [6, 6.07) is 21.5. The van der Waals surface area contributed by atoms with Gasteiger partial charge in [0.2, 0.25) is 5.75 Å². The number of nitrogens with one attached hydrogen (secondary N) is 1. The van der Waals surface area contributed by atoms with Crippen LogP contribution in [0.2, 0.25) is 0 Å². The minimum atomic E-state index is -0.333. The van der Waals surface area contributed by atoms with Crippen LogP contribution in [-0.4, -0.2) is 14.5 Å². The van der Waals surface area contributed by atoms with Gasteiger partial charge in [0.05, 0.1) is 12.2 Å². The highest BCUT2D eigenvalue weighted by Gasteiger charge is 2.16. The Bertz CT molecular complexity index is 1460. The molecule has 0 aliphatic carbocycles. The van der Waals surface area contributed by atoms with Gasteiger partial charge in [0.1, 0.15) is 12.4 Å². The summed E-state index contributed by atoms with van der Waals surface area (Å²) < 4.78 is 7.45. The molecule has 0 radical (unpaired) electrons. The molecule has 1 N–H and O–H groups in total. The van der Waals surface area contributed by atoms with E-state index in [2.05, 4.69) is 51.7 Å². The van der Waals surface area contributed by atoms with Crippen molar-refractivity contribution >= 4 is 0 Å². The Morgan fingerprint density at radius 1 is 0.946 bits per heavy atom. The lowest BCUT2D eigenvalue weighted by Crippen LogP contribution is -2.24.